The van der Waals surface area contributed by atoms with Crippen LogP contribution in [0.15, 0.2) is 24.3 Å². The average Bonchev–Trinajstić information content (AvgIpc) is 2.41. The Hall–Kier alpha value is -1.75. The summed E-state index contributed by atoms with van der Waals surface area (Å²) in [5, 5.41) is 8.53. The number of carbonyl (C=O) groups is 1. The monoisotopic (exact) mass is 286 g/mol. The molecule has 0 aliphatic heterocycles. The summed E-state index contributed by atoms with van der Waals surface area (Å²) in [4.78, 5) is 10.4. The summed E-state index contributed by atoms with van der Waals surface area (Å²) in [6.45, 7) is 6.62. The van der Waals surface area contributed by atoms with E-state index in [1.807, 2.05) is 0 Å². The molecule has 0 amide bonds. The van der Waals surface area contributed by atoms with Crippen LogP contribution in [-0.2, 0) is 10.2 Å². The van der Waals surface area contributed by atoms with E-state index in [4.69, 9.17) is 5.11 Å². The van der Waals surface area contributed by atoms with Gasteiger partial charge in [0.15, 0.2) is 0 Å². The van der Waals surface area contributed by atoms with Crippen molar-refractivity contribution in [1.82, 2.24) is 0 Å². The van der Waals surface area contributed by atoms with Gasteiger partial charge in [-0.2, -0.15) is 0 Å². The average molecular weight is 286 g/mol. The molecule has 0 bridgehead atoms. The molecule has 1 aromatic rings. The summed E-state index contributed by atoms with van der Waals surface area (Å²) < 4.78 is 0. The van der Waals surface area contributed by atoms with Crippen LogP contribution >= 0.6 is 0 Å². The van der Waals surface area contributed by atoms with Gasteiger partial charge in [-0.15, -0.1) is 0 Å². The Kier molecular flexibility index (Phi) is 7.02. The first-order chi connectivity index (χ1) is 9.89. The number of hydrogen-bond donors (Lipinski definition) is 1. The van der Waals surface area contributed by atoms with Crippen molar-refractivity contribution in [3.8, 4) is 11.8 Å². The van der Waals surface area contributed by atoms with E-state index in [1.54, 1.807) is 0 Å². The molecule has 0 aliphatic carbocycles. The summed E-state index contributed by atoms with van der Waals surface area (Å²) in [5.41, 5.74) is 2.57. The zero-order chi connectivity index (χ0) is 15.7. The fraction of sp³-hybridized carbons (Fsp3) is 0.526. The lowest BCUT2D eigenvalue weighted by Gasteiger charge is -2.18. The fourth-order valence-corrected chi connectivity index (χ4v) is 2.06. The molecular weight excluding hydrogens is 260 g/mol. The zero-order valence-electron chi connectivity index (χ0n) is 13.4. The van der Waals surface area contributed by atoms with Gasteiger partial charge in [-0.25, -0.2) is 0 Å². The molecule has 1 aromatic carbocycles. The molecule has 0 aliphatic rings. The smallest absolute Gasteiger partial charge is 0.303 e. The number of hydrogen-bond acceptors (Lipinski definition) is 1. The third-order valence-corrected chi connectivity index (χ3v) is 3.43. The maximum atomic E-state index is 10.4. The standard InChI is InChI=1S/C19H26O2/c1-19(2,3)17-14-12-16(13-15-17)10-8-6-4-5-7-9-11-18(20)21/h12-15H,4-7,9,11H2,1-3H3,(H,20,21). The maximum Gasteiger partial charge on any atom is 0.303 e. The Morgan fingerprint density at radius 1 is 1.05 bits per heavy atom. The lowest BCUT2D eigenvalue weighted by atomic mass is 9.87. The molecule has 0 heterocycles. The Morgan fingerprint density at radius 2 is 1.67 bits per heavy atom. The van der Waals surface area contributed by atoms with E-state index >= 15 is 0 Å². The predicted molar refractivity (Wildman–Crippen MR) is 87.4 cm³/mol. The Bertz CT molecular complexity index is 495. The highest BCUT2D eigenvalue weighted by atomic mass is 16.4. The van der Waals surface area contributed by atoms with Crippen molar-refractivity contribution >= 4 is 5.97 Å². The molecule has 0 atom stereocenters. The third-order valence-electron chi connectivity index (χ3n) is 3.43. The first-order valence-electron chi connectivity index (χ1n) is 7.71. The topological polar surface area (TPSA) is 37.3 Å². The molecule has 0 aromatic heterocycles. The van der Waals surface area contributed by atoms with Gasteiger partial charge in [-0.1, -0.05) is 57.6 Å². The van der Waals surface area contributed by atoms with Gasteiger partial charge in [0.05, 0.1) is 0 Å². The van der Waals surface area contributed by atoms with Gasteiger partial charge in [0.1, 0.15) is 0 Å². The molecule has 0 saturated carbocycles. The van der Waals surface area contributed by atoms with Crippen molar-refractivity contribution in [2.45, 2.75) is 64.7 Å². The molecule has 0 radical (unpaired) electrons. The molecule has 0 unspecified atom stereocenters. The highest BCUT2D eigenvalue weighted by Crippen LogP contribution is 2.21. The van der Waals surface area contributed by atoms with Gasteiger partial charge in [0, 0.05) is 18.4 Å². The van der Waals surface area contributed by atoms with E-state index in [0.717, 1.165) is 37.7 Å². The van der Waals surface area contributed by atoms with Crippen molar-refractivity contribution in [1.29, 1.82) is 0 Å². The van der Waals surface area contributed by atoms with Crippen molar-refractivity contribution in [3.05, 3.63) is 35.4 Å². The molecular formula is C19H26O2. The van der Waals surface area contributed by atoms with Gasteiger partial charge in [-0.3, -0.25) is 4.79 Å². The molecule has 0 spiro atoms. The molecule has 1 rings (SSSR count). The normalized spacial score (nSPS) is 10.8. The summed E-state index contributed by atoms with van der Waals surface area (Å²) in [7, 11) is 0. The van der Waals surface area contributed by atoms with Crippen molar-refractivity contribution in [3.63, 3.8) is 0 Å². The minimum absolute atomic E-state index is 0.182. The SMILES string of the molecule is CC(C)(C)c1ccc(C#CCCCCCCC(=O)O)cc1. The maximum absolute atomic E-state index is 10.4. The van der Waals surface area contributed by atoms with Gasteiger partial charge < -0.3 is 5.11 Å². The quantitative estimate of drug-likeness (QED) is 0.604. The van der Waals surface area contributed by atoms with Crippen LogP contribution in [0, 0.1) is 11.8 Å². The van der Waals surface area contributed by atoms with E-state index in [2.05, 4.69) is 56.9 Å². The fourth-order valence-electron chi connectivity index (χ4n) is 2.06. The van der Waals surface area contributed by atoms with Crippen LogP contribution in [0.4, 0.5) is 0 Å². The predicted octanol–water partition coefficient (Wildman–Crippen LogP) is 4.76. The summed E-state index contributed by atoms with van der Waals surface area (Å²) in [6.07, 6.45) is 5.03. The van der Waals surface area contributed by atoms with Gasteiger partial charge in [0.25, 0.3) is 0 Å². The molecule has 0 fully saturated rings. The second-order valence-corrected chi connectivity index (χ2v) is 6.44. The number of carboxylic acids is 1. The van der Waals surface area contributed by atoms with Crippen LogP contribution in [0.3, 0.4) is 0 Å². The first kappa shape index (κ1) is 17.3. The van der Waals surface area contributed by atoms with Gasteiger partial charge >= 0.3 is 5.97 Å². The highest BCUT2D eigenvalue weighted by molar-refractivity contribution is 5.66. The van der Waals surface area contributed by atoms with Crippen LogP contribution in [0.25, 0.3) is 0 Å². The van der Waals surface area contributed by atoms with E-state index in [-0.39, 0.29) is 11.8 Å². The number of unbranched alkanes of at least 4 members (excludes halogenated alkanes) is 4. The second kappa shape index (κ2) is 8.52. The number of rotatable bonds is 6. The molecule has 114 valence electrons. The number of carboxylic acid groups (broad SMARTS) is 1. The summed E-state index contributed by atoms with van der Waals surface area (Å²) in [6, 6.07) is 8.46. The van der Waals surface area contributed by atoms with Gasteiger partial charge in [-0.05, 0) is 36.0 Å². The van der Waals surface area contributed by atoms with Gasteiger partial charge in [0.2, 0.25) is 0 Å². The van der Waals surface area contributed by atoms with E-state index in [9.17, 15) is 4.79 Å². The van der Waals surface area contributed by atoms with Crippen LogP contribution < -0.4 is 0 Å². The minimum Gasteiger partial charge on any atom is -0.481 e. The Labute approximate surface area is 128 Å². The Morgan fingerprint density at radius 3 is 2.24 bits per heavy atom. The van der Waals surface area contributed by atoms with Crippen LogP contribution in [0.5, 0.6) is 0 Å². The number of aliphatic carboxylic acids is 1. The van der Waals surface area contributed by atoms with Crippen LogP contribution in [0.1, 0.15) is 70.4 Å². The molecule has 2 heteroatoms. The minimum atomic E-state index is -0.700. The molecule has 21 heavy (non-hydrogen) atoms. The second-order valence-electron chi connectivity index (χ2n) is 6.44. The van der Waals surface area contributed by atoms with Crippen molar-refractivity contribution in [2.75, 3.05) is 0 Å². The first-order valence-corrected chi connectivity index (χ1v) is 7.71. The molecule has 0 saturated heterocycles. The van der Waals surface area contributed by atoms with Crippen LogP contribution in [-0.4, -0.2) is 11.1 Å². The largest absolute Gasteiger partial charge is 0.481 e. The molecule has 1 N–H and O–H groups in total. The highest BCUT2D eigenvalue weighted by Gasteiger charge is 2.12. The number of benzene rings is 1. The van der Waals surface area contributed by atoms with Crippen molar-refractivity contribution in [2.24, 2.45) is 0 Å². The summed E-state index contributed by atoms with van der Waals surface area (Å²) >= 11 is 0. The lowest BCUT2D eigenvalue weighted by Crippen LogP contribution is -2.10. The third kappa shape index (κ3) is 7.56. The molecule has 2 nitrogen and oxygen atoms in total. The van der Waals surface area contributed by atoms with Crippen molar-refractivity contribution < 1.29 is 9.90 Å². The van der Waals surface area contributed by atoms with E-state index in [1.165, 1.54) is 5.56 Å². The summed E-state index contributed by atoms with van der Waals surface area (Å²) in [5.74, 6) is 5.68. The lowest BCUT2D eigenvalue weighted by molar-refractivity contribution is -0.137. The van der Waals surface area contributed by atoms with Crippen LogP contribution in [0.2, 0.25) is 0 Å². The van der Waals surface area contributed by atoms with E-state index < -0.39 is 5.97 Å². The van der Waals surface area contributed by atoms with E-state index in [0.29, 0.717) is 0 Å². The zero-order valence-corrected chi connectivity index (χ0v) is 13.4. The Balaban J connectivity index is 2.27.